The third kappa shape index (κ3) is 12.9. The molecule has 5 heterocycles. The molecule has 24 heteroatoms. The predicted molar refractivity (Wildman–Crippen MR) is 291 cm³/mol. The molecule has 1 unspecified atom stereocenters. The highest BCUT2D eigenvalue weighted by Crippen LogP contribution is 2.59. The van der Waals surface area contributed by atoms with Crippen molar-refractivity contribution in [1.82, 2.24) is 36.0 Å². The van der Waals surface area contributed by atoms with E-state index < -0.39 is 84.5 Å². The van der Waals surface area contributed by atoms with E-state index in [-0.39, 0.29) is 90.9 Å². The van der Waals surface area contributed by atoms with Gasteiger partial charge >= 0.3 is 13.3 Å². The molecule has 1 saturated carbocycles. The molecule has 4 aromatic rings. The highest BCUT2D eigenvalue weighted by molar-refractivity contribution is 7.52. The number of halogens is 2. The van der Waals surface area contributed by atoms with Crippen molar-refractivity contribution in [3.8, 4) is 11.8 Å². The molecule has 3 aromatic carbocycles. The Morgan fingerprint density at radius 1 is 0.914 bits per heavy atom. The van der Waals surface area contributed by atoms with Crippen LogP contribution in [0.1, 0.15) is 132 Å². The number of unbranched alkanes of at least 4 members (excludes halogenated alkanes) is 1. The van der Waals surface area contributed by atoms with Gasteiger partial charge in [0.2, 0.25) is 41.4 Å². The molecule has 3 saturated heterocycles. The Bertz CT molecular complexity index is 3280. The van der Waals surface area contributed by atoms with E-state index in [0.717, 1.165) is 35.5 Å². The molecule has 4 fully saturated rings. The van der Waals surface area contributed by atoms with Crippen LogP contribution in [0.5, 0.6) is 0 Å². The first-order valence-electron chi connectivity index (χ1n) is 27.2. The molecular formula is C57H63F2N8O12PS. The van der Waals surface area contributed by atoms with Crippen molar-refractivity contribution in [3.05, 3.63) is 105 Å². The SMILES string of the molecule is CCCC[C@H](NC(=O)c1cc2cc(C(F)(F)P(=O)(O)O)ccc2s1)C(=O)N1C[C@@H]2C[C@@H]2[C@H]1C(=O)N[C@@H](CCC(N)=O)C(=O)N[C@H](C(=O)N1CCC(CCC#Cc2cccc3c2CN(C2CCC(=O)NC2=O)C3=O)CC1)c1ccccc1. The zero-order chi connectivity index (χ0) is 57.9. The number of rotatable bonds is 20. The fourth-order valence-corrected chi connectivity index (χ4v) is 12.8. The Kier molecular flexibility index (Phi) is 17.5. The highest BCUT2D eigenvalue weighted by atomic mass is 32.1. The van der Waals surface area contributed by atoms with Crippen molar-refractivity contribution in [2.45, 2.75) is 126 Å². The average Bonchev–Trinajstić information content (AvgIpc) is 3.77. The smallest absolute Gasteiger partial charge is 0.370 e. The van der Waals surface area contributed by atoms with Crippen molar-refractivity contribution >= 4 is 82.2 Å². The number of nitrogens with zero attached hydrogens (tertiary/aromatic N) is 3. The number of nitrogens with two attached hydrogens (primary N) is 1. The Labute approximate surface area is 469 Å². The van der Waals surface area contributed by atoms with Crippen LogP contribution in [-0.4, -0.2) is 121 Å². The number of thiophene rings is 1. The second kappa shape index (κ2) is 24.4. The van der Waals surface area contributed by atoms with Crippen molar-refractivity contribution < 1.29 is 66.3 Å². The lowest BCUT2D eigenvalue weighted by Crippen LogP contribution is -2.58. The molecule has 20 nitrogen and oxygen atoms in total. The maximum atomic E-state index is 14.6. The summed E-state index contributed by atoms with van der Waals surface area (Å²) in [4.78, 5) is 145. The van der Waals surface area contributed by atoms with Gasteiger partial charge in [-0.2, -0.15) is 8.78 Å². The summed E-state index contributed by atoms with van der Waals surface area (Å²) >= 11 is 0.932. The van der Waals surface area contributed by atoms with Gasteiger partial charge in [-0.05, 0) is 110 Å². The predicted octanol–water partition coefficient (Wildman–Crippen LogP) is 4.70. The van der Waals surface area contributed by atoms with Gasteiger partial charge in [-0.1, -0.05) is 74.1 Å². The van der Waals surface area contributed by atoms with Crippen molar-refractivity contribution in [1.29, 1.82) is 0 Å². The fraction of sp³-hybridized carbons (Fsp3) is 0.456. The molecule has 0 radical (unpaired) electrons. The van der Waals surface area contributed by atoms with E-state index >= 15 is 0 Å². The minimum atomic E-state index is -5.86. The summed E-state index contributed by atoms with van der Waals surface area (Å²) in [7, 11) is -5.86. The van der Waals surface area contributed by atoms with E-state index in [4.69, 9.17) is 5.73 Å². The third-order valence-electron chi connectivity index (χ3n) is 16.0. The Morgan fingerprint density at radius 2 is 1.67 bits per heavy atom. The highest BCUT2D eigenvalue weighted by Gasteiger charge is 2.58. The summed E-state index contributed by atoms with van der Waals surface area (Å²) in [6.45, 7) is 3.09. The van der Waals surface area contributed by atoms with Crippen LogP contribution in [-0.2, 0) is 50.3 Å². The summed E-state index contributed by atoms with van der Waals surface area (Å²) < 4.78 is 41.0. The van der Waals surface area contributed by atoms with E-state index in [1.165, 1.54) is 21.9 Å². The van der Waals surface area contributed by atoms with Crippen LogP contribution in [0.25, 0.3) is 10.1 Å². The molecule has 9 rings (SSSR count). The lowest BCUT2D eigenvalue weighted by molar-refractivity contribution is -0.142. The monoisotopic (exact) mass is 1150 g/mol. The fourth-order valence-electron chi connectivity index (χ4n) is 11.4. The molecule has 4 aliphatic heterocycles. The molecule has 0 bridgehead atoms. The van der Waals surface area contributed by atoms with Crippen LogP contribution in [0.4, 0.5) is 8.78 Å². The van der Waals surface area contributed by atoms with Gasteiger partial charge in [0.05, 0.1) is 4.88 Å². The van der Waals surface area contributed by atoms with Crippen LogP contribution in [0, 0.1) is 29.6 Å². The summed E-state index contributed by atoms with van der Waals surface area (Å²) in [6.07, 6.45) is 4.49. The van der Waals surface area contributed by atoms with Crippen LogP contribution in [0.15, 0.2) is 72.8 Å². The molecule has 1 aromatic heterocycles. The molecule has 1 aliphatic carbocycles. The summed E-state index contributed by atoms with van der Waals surface area (Å²) in [5.74, 6) is 1.51. The van der Waals surface area contributed by atoms with Gasteiger partial charge in [0.15, 0.2) is 0 Å². The van der Waals surface area contributed by atoms with Gasteiger partial charge in [-0.15, -0.1) is 11.3 Å². The molecular weight excluding hydrogens is 1090 g/mol. The molecule has 428 valence electrons. The van der Waals surface area contributed by atoms with E-state index in [1.54, 1.807) is 47.4 Å². The standard InChI is InChI=1S/C57H63F2N8O12PS/c1-2-3-16-42(62-52(72)45-29-35-27-37(17-20-44(35)81-45)57(58,59)80(77,78)79)55(75)67-30-36-28-39(36)49(67)53(73)61-41(18-21-46(60)68)50(70)64-48(34-12-5-4-6-13-34)56(76)65-25-23-32(24-26-65)10-7-8-11-33-14-9-15-38-40(33)31-66(54(38)74)43-19-22-47(69)63-51(43)71/h4-6,9,12-15,17,20,27,29,32,36,39,41-43,48-49H,2-3,7,10,16,18-19,21-26,28,30-31H2,1H3,(H2,60,68)(H,61,73)(H,62,72)(H,64,70)(H,63,69,71)(H2,77,78,79)/t36-,39-,41-,42-,43?,48-,49-/m0/s1. The normalized spacial score (nSPS) is 21.0. The number of likely N-dealkylation sites (tertiary alicyclic amines) is 2. The van der Waals surface area contributed by atoms with Crippen molar-refractivity contribution in [2.75, 3.05) is 19.6 Å². The lowest BCUT2D eigenvalue weighted by Gasteiger charge is -2.35. The maximum absolute atomic E-state index is 14.6. The maximum Gasteiger partial charge on any atom is 0.399 e. The third-order valence-corrected chi connectivity index (χ3v) is 18.1. The van der Waals surface area contributed by atoms with E-state index in [9.17, 15) is 66.3 Å². The van der Waals surface area contributed by atoms with Crippen molar-refractivity contribution in [2.24, 2.45) is 23.5 Å². The van der Waals surface area contributed by atoms with Crippen LogP contribution >= 0.6 is 18.9 Å². The number of amides is 9. The van der Waals surface area contributed by atoms with E-state index in [1.807, 2.05) is 13.0 Å². The molecule has 7 atom stereocenters. The Balaban J connectivity index is 0.828. The Morgan fingerprint density at radius 3 is 2.37 bits per heavy atom. The molecule has 9 amide bonds. The number of primary amides is 1. The van der Waals surface area contributed by atoms with E-state index in [0.29, 0.717) is 73.0 Å². The summed E-state index contributed by atoms with van der Waals surface area (Å²) in [5, 5.41) is 10.8. The van der Waals surface area contributed by atoms with Gasteiger partial charge in [0.1, 0.15) is 30.2 Å². The number of carbonyl (C=O) groups is 9. The van der Waals surface area contributed by atoms with Crippen LogP contribution in [0.3, 0.4) is 0 Å². The molecule has 81 heavy (non-hydrogen) atoms. The molecule has 8 N–H and O–H groups in total. The van der Waals surface area contributed by atoms with Gasteiger partial charge in [0, 0.05) is 66.8 Å². The van der Waals surface area contributed by atoms with Gasteiger partial charge in [-0.3, -0.25) is 53.0 Å². The van der Waals surface area contributed by atoms with Gasteiger partial charge < -0.3 is 46.2 Å². The lowest BCUT2D eigenvalue weighted by atomic mass is 9.91. The number of alkyl halides is 2. The average molecular weight is 1150 g/mol. The topological polar surface area (TPSA) is 295 Å². The Hall–Kier alpha value is -7.38. The first kappa shape index (κ1) is 58.3. The minimum absolute atomic E-state index is 0.0322. The quantitative estimate of drug-likeness (QED) is 0.0360. The summed E-state index contributed by atoms with van der Waals surface area (Å²) in [6, 6.07) is 12.8. The minimum Gasteiger partial charge on any atom is -0.370 e. The zero-order valence-corrected chi connectivity index (χ0v) is 46.1. The largest absolute Gasteiger partial charge is 0.399 e. The van der Waals surface area contributed by atoms with Crippen LogP contribution in [0.2, 0.25) is 0 Å². The van der Waals surface area contributed by atoms with Crippen LogP contribution < -0.4 is 27.0 Å². The molecule has 5 aliphatic rings. The number of nitrogens with one attached hydrogen (secondary N) is 4. The number of fused-ring (bicyclic) bond motifs is 3. The number of imide groups is 1. The van der Waals surface area contributed by atoms with Gasteiger partial charge in [0.25, 0.3) is 11.8 Å². The number of benzene rings is 3. The first-order chi connectivity index (χ1) is 38.6. The van der Waals surface area contributed by atoms with E-state index in [2.05, 4.69) is 33.1 Å². The number of hydrogen-bond donors (Lipinski definition) is 7. The zero-order valence-electron chi connectivity index (χ0n) is 44.4. The number of carbonyl (C=O) groups excluding carboxylic acids is 9. The number of piperidine rings is 3. The molecule has 0 spiro atoms. The van der Waals surface area contributed by atoms with Gasteiger partial charge in [-0.25, -0.2) is 0 Å². The summed E-state index contributed by atoms with van der Waals surface area (Å²) in [5.41, 5.74) is 2.56. The first-order valence-corrected chi connectivity index (χ1v) is 29.6. The number of hydrogen-bond acceptors (Lipinski definition) is 11. The second-order valence-electron chi connectivity index (χ2n) is 21.5. The second-order valence-corrected chi connectivity index (χ2v) is 24.2. The van der Waals surface area contributed by atoms with Crippen molar-refractivity contribution in [3.63, 3.8) is 0 Å².